The van der Waals surface area contributed by atoms with E-state index in [1.165, 1.54) is 16.7 Å². The summed E-state index contributed by atoms with van der Waals surface area (Å²) in [6.07, 6.45) is 6.41. The fourth-order valence-corrected chi connectivity index (χ4v) is 5.10. The lowest BCUT2D eigenvalue weighted by atomic mass is 9.57. The summed E-state index contributed by atoms with van der Waals surface area (Å²) in [4.78, 5) is 2.48. The van der Waals surface area contributed by atoms with Crippen molar-refractivity contribution in [3.05, 3.63) is 46.7 Å². The number of ether oxygens (including phenoxy) is 3. The monoisotopic (exact) mass is 311 g/mol. The van der Waals surface area contributed by atoms with Crippen LogP contribution in [0.3, 0.4) is 0 Å². The van der Waals surface area contributed by atoms with Gasteiger partial charge in [0.15, 0.2) is 17.6 Å². The molecule has 120 valence electrons. The van der Waals surface area contributed by atoms with Crippen LogP contribution < -0.4 is 9.47 Å². The second kappa shape index (κ2) is 4.32. The fraction of sp³-hybridized carbons (Fsp3) is 0.474. The summed E-state index contributed by atoms with van der Waals surface area (Å²) in [5, 5.41) is 0. The molecule has 1 spiro atoms. The maximum absolute atomic E-state index is 6.46. The third kappa shape index (κ3) is 1.41. The SMILES string of the molecule is COC1=CC=C2[C@H]3Cc4ccc(OC)c5c4[C@@]2(CCN3C)[C@@H]1O5. The normalized spacial score (nSPS) is 33.3. The van der Waals surface area contributed by atoms with E-state index in [0.29, 0.717) is 6.04 Å². The van der Waals surface area contributed by atoms with E-state index >= 15 is 0 Å². The highest BCUT2D eigenvalue weighted by Crippen LogP contribution is 2.62. The minimum Gasteiger partial charge on any atom is -0.497 e. The van der Waals surface area contributed by atoms with Gasteiger partial charge in [0.2, 0.25) is 0 Å². The molecule has 4 aliphatic rings. The van der Waals surface area contributed by atoms with E-state index in [2.05, 4.69) is 30.2 Å². The fourth-order valence-electron chi connectivity index (χ4n) is 5.10. The Hall–Kier alpha value is -1.94. The molecule has 4 heteroatoms. The van der Waals surface area contributed by atoms with E-state index in [0.717, 1.165) is 36.6 Å². The maximum atomic E-state index is 6.46. The molecule has 2 bridgehead atoms. The summed E-state index contributed by atoms with van der Waals surface area (Å²) < 4.78 is 17.7. The van der Waals surface area contributed by atoms with Gasteiger partial charge in [-0.3, -0.25) is 4.90 Å². The smallest absolute Gasteiger partial charge is 0.169 e. The van der Waals surface area contributed by atoms with Gasteiger partial charge in [-0.2, -0.15) is 0 Å². The van der Waals surface area contributed by atoms with Crippen LogP contribution in [0.4, 0.5) is 0 Å². The highest BCUT2D eigenvalue weighted by molar-refractivity contribution is 5.67. The van der Waals surface area contributed by atoms with Crippen molar-refractivity contribution in [2.75, 3.05) is 27.8 Å². The Morgan fingerprint density at radius 1 is 1.22 bits per heavy atom. The van der Waals surface area contributed by atoms with Crippen LogP contribution in [-0.2, 0) is 16.6 Å². The first-order valence-corrected chi connectivity index (χ1v) is 8.24. The van der Waals surface area contributed by atoms with Crippen molar-refractivity contribution in [1.29, 1.82) is 0 Å². The number of methoxy groups -OCH3 is 2. The second-order valence-corrected chi connectivity index (χ2v) is 6.95. The van der Waals surface area contributed by atoms with Gasteiger partial charge in [0.05, 0.1) is 19.6 Å². The molecule has 0 amide bonds. The molecule has 2 aliphatic heterocycles. The lowest BCUT2D eigenvalue weighted by Gasteiger charge is -2.52. The average molecular weight is 311 g/mol. The van der Waals surface area contributed by atoms with Crippen LogP contribution in [0, 0.1) is 0 Å². The third-order valence-electron chi connectivity index (χ3n) is 6.16. The van der Waals surface area contributed by atoms with Gasteiger partial charge in [0.25, 0.3) is 0 Å². The summed E-state index contributed by atoms with van der Waals surface area (Å²) >= 11 is 0. The third-order valence-corrected chi connectivity index (χ3v) is 6.16. The number of hydrogen-bond acceptors (Lipinski definition) is 4. The molecule has 2 heterocycles. The minimum absolute atomic E-state index is 0.0611. The number of likely N-dealkylation sites (tertiary alicyclic amines) is 1. The van der Waals surface area contributed by atoms with Gasteiger partial charge < -0.3 is 14.2 Å². The van der Waals surface area contributed by atoms with E-state index in [-0.39, 0.29) is 11.5 Å². The Balaban J connectivity index is 1.84. The number of allylic oxidation sites excluding steroid dienone is 2. The standard InChI is InChI=1S/C19H21NO3/c1-20-9-8-19-12-5-7-15(22-3)18(19)23-17-14(21-2)6-4-11(16(17)19)10-13(12)20/h4-7,13,18H,8-10H2,1-3H3/t13-,18-,19+/m1/s1. The van der Waals surface area contributed by atoms with Crippen LogP contribution in [0.2, 0.25) is 0 Å². The number of likely N-dealkylation sites (N-methyl/N-ethyl adjacent to an activating group) is 1. The number of piperidine rings is 1. The maximum Gasteiger partial charge on any atom is 0.169 e. The van der Waals surface area contributed by atoms with Crippen LogP contribution in [0.1, 0.15) is 17.5 Å². The first-order valence-electron chi connectivity index (χ1n) is 8.24. The van der Waals surface area contributed by atoms with Crippen LogP contribution >= 0.6 is 0 Å². The number of nitrogens with zero attached hydrogens (tertiary/aromatic N) is 1. The molecular formula is C19H21NO3. The molecule has 2 aliphatic carbocycles. The Morgan fingerprint density at radius 3 is 2.87 bits per heavy atom. The average Bonchev–Trinajstić information content (AvgIpc) is 2.92. The van der Waals surface area contributed by atoms with Gasteiger partial charge in [-0.25, -0.2) is 0 Å². The molecule has 4 nitrogen and oxygen atoms in total. The van der Waals surface area contributed by atoms with Crippen LogP contribution in [0.25, 0.3) is 0 Å². The molecule has 0 radical (unpaired) electrons. The summed E-state index contributed by atoms with van der Waals surface area (Å²) in [5.41, 5.74) is 4.15. The molecule has 23 heavy (non-hydrogen) atoms. The van der Waals surface area contributed by atoms with E-state index in [1.54, 1.807) is 14.2 Å². The topological polar surface area (TPSA) is 30.9 Å². The second-order valence-electron chi connectivity index (χ2n) is 6.95. The van der Waals surface area contributed by atoms with Crippen molar-refractivity contribution < 1.29 is 14.2 Å². The lowest BCUT2D eigenvalue weighted by molar-refractivity contribution is 0.0734. The van der Waals surface area contributed by atoms with Crippen molar-refractivity contribution in [2.24, 2.45) is 0 Å². The summed E-state index contributed by atoms with van der Waals surface area (Å²) in [6, 6.07) is 4.72. The molecule has 0 unspecified atom stereocenters. The summed E-state index contributed by atoms with van der Waals surface area (Å²) in [7, 11) is 5.68. The van der Waals surface area contributed by atoms with E-state index in [9.17, 15) is 0 Å². The zero-order valence-electron chi connectivity index (χ0n) is 13.8. The number of benzene rings is 1. The van der Waals surface area contributed by atoms with Gasteiger partial charge in [-0.05, 0) is 49.7 Å². The Bertz CT molecular complexity index is 766. The van der Waals surface area contributed by atoms with Crippen molar-refractivity contribution in [2.45, 2.75) is 30.4 Å². The Morgan fingerprint density at radius 2 is 2.09 bits per heavy atom. The molecule has 1 aromatic carbocycles. The largest absolute Gasteiger partial charge is 0.497 e. The quantitative estimate of drug-likeness (QED) is 0.839. The lowest BCUT2D eigenvalue weighted by Crippen LogP contribution is -2.58. The zero-order valence-corrected chi connectivity index (χ0v) is 13.8. The van der Waals surface area contributed by atoms with Crippen LogP contribution in [0.15, 0.2) is 35.6 Å². The molecule has 3 atom stereocenters. The van der Waals surface area contributed by atoms with Crippen LogP contribution in [0.5, 0.6) is 11.5 Å². The van der Waals surface area contributed by atoms with Crippen molar-refractivity contribution in [3.8, 4) is 11.5 Å². The first-order chi connectivity index (χ1) is 11.2. The van der Waals surface area contributed by atoms with Gasteiger partial charge >= 0.3 is 0 Å². The van der Waals surface area contributed by atoms with E-state index in [4.69, 9.17) is 14.2 Å². The van der Waals surface area contributed by atoms with Crippen molar-refractivity contribution in [3.63, 3.8) is 0 Å². The van der Waals surface area contributed by atoms with E-state index in [1.807, 2.05) is 6.07 Å². The molecule has 5 rings (SSSR count). The molecule has 0 aromatic heterocycles. The number of hydrogen-bond donors (Lipinski definition) is 0. The molecule has 0 N–H and O–H groups in total. The summed E-state index contributed by atoms with van der Waals surface area (Å²) in [6.45, 7) is 1.08. The predicted octanol–water partition coefficient (Wildman–Crippen LogP) is 2.42. The van der Waals surface area contributed by atoms with Crippen LogP contribution in [-0.4, -0.2) is 44.9 Å². The van der Waals surface area contributed by atoms with Gasteiger partial charge in [0.1, 0.15) is 5.76 Å². The van der Waals surface area contributed by atoms with Gasteiger partial charge in [0, 0.05) is 11.6 Å². The molecular weight excluding hydrogens is 290 g/mol. The first kappa shape index (κ1) is 13.5. The molecule has 1 fully saturated rings. The summed E-state index contributed by atoms with van der Waals surface area (Å²) in [5.74, 6) is 2.68. The Kier molecular flexibility index (Phi) is 2.54. The zero-order chi connectivity index (χ0) is 15.8. The van der Waals surface area contributed by atoms with Crippen molar-refractivity contribution >= 4 is 0 Å². The highest BCUT2D eigenvalue weighted by Gasteiger charge is 2.61. The van der Waals surface area contributed by atoms with Gasteiger partial charge in [-0.15, -0.1) is 0 Å². The molecule has 0 saturated carbocycles. The van der Waals surface area contributed by atoms with E-state index < -0.39 is 0 Å². The predicted molar refractivity (Wildman–Crippen MR) is 87.0 cm³/mol. The molecule has 1 saturated heterocycles. The van der Waals surface area contributed by atoms with Gasteiger partial charge in [-0.1, -0.05) is 12.1 Å². The van der Waals surface area contributed by atoms with Crippen molar-refractivity contribution in [1.82, 2.24) is 4.90 Å². The minimum atomic E-state index is -0.0747. The number of rotatable bonds is 2. The molecule has 1 aromatic rings. The highest BCUT2D eigenvalue weighted by atomic mass is 16.6. The Labute approximate surface area is 136 Å².